The Kier molecular flexibility index (Phi) is 4.55. The Morgan fingerprint density at radius 3 is 2.50 bits per heavy atom. The van der Waals surface area contributed by atoms with Crippen molar-refractivity contribution in [1.29, 1.82) is 0 Å². The number of rotatable bonds is 3. The molecule has 0 atom stereocenters. The summed E-state index contributed by atoms with van der Waals surface area (Å²) in [6.45, 7) is 0. The standard InChI is InChI=1S/C12H8F4N2O4S2/c1-24(21,22)8-9(12(14,15)16)23-18-10(8)17-11(20)6-4-5(13)2-3-7(6)19/h2-4,19H,1H3,(H,17,18,20). The number of sulfone groups is 1. The van der Waals surface area contributed by atoms with Gasteiger partial charge >= 0.3 is 6.18 Å². The van der Waals surface area contributed by atoms with Gasteiger partial charge in [-0.05, 0) is 29.7 Å². The SMILES string of the molecule is CS(=O)(=O)c1c(NC(=O)c2cc(F)ccc2O)nsc1C(F)(F)F. The monoisotopic (exact) mass is 384 g/mol. The fourth-order valence-electron chi connectivity index (χ4n) is 1.75. The van der Waals surface area contributed by atoms with E-state index in [2.05, 4.69) is 4.37 Å². The van der Waals surface area contributed by atoms with Crippen LogP contribution in [-0.4, -0.2) is 30.1 Å². The Hall–Kier alpha value is -2.21. The third kappa shape index (κ3) is 3.64. The van der Waals surface area contributed by atoms with Crippen molar-refractivity contribution in [2.75, 3.05) is 11.6 Å². The molecule has 0 radical (unpaired) electrons. The molecule has 1 aromatic heterocycles. The minimum atomic E-state index is -4.99. The number of nitrogens with one attached hydrogen (secondary N) is 1. The van der Waals surface area contributed by atoms with Crippen LogP contribution in [-0.2, 0) is 16.0 Å². The molecular formula is C12H8F4N2O4S2. The molecule has 2 rings (SSSR count). The number of phenols is 1. The number of carbonyl (C=O) groups is 1. The van der Waals surface area contributed by atoms with Crippen molar-refractivity contribution < 1.29 is 35.9 Å². The maximum Gasteiger partial charge on any atom is 0.428 e. The zero-order valence-corrected chi connectivity index (χ0v) is 13.3. The van der Waals surface area contributed by atoms with E-state index in [0.717, 1.165) is 12.1 Å². The first-order valence-electron chi connectivity index (χ1n) is 5.98. The third-order valence-corrected chi connectivity index (χ3v) is 4.87. The first kappa shape index (κ1) is 18.1. The van der Waals surface area contributed by atoms with E-state index in [4.69, 9.17) is 0 Å². The molecule has 1 heterocycles. The van der Waals surface area contributed by atoms with Gasteiger partial charge in [-0.15, -0.1) is 0 Å². The lowest BCUT2D eigenvalue weighted by Gasteiger charge is -2.08. The van der Waals surface area contributed by atoms with Gasteiger partial charge in [0, 0.05) is 6.26 Å². The van der Waals surface area contributed by atoms with Crippen LogP contribution in [0.2, 0.25) is 0 Å². The lowest BCUT2D eigenvalue weighted by molar-refractivity contribution is -0.136. The van der Waals surface area contributed by atoms with E-state index in [1.165, 1.54) is 0 Å². The molecular weight excluding hydrogens is 376 g/mol. The summed E-state index contributed by atoms with van der Waals surface area (Å²) in [5, 5.41) is 11.4. The van der Waals surface area contributed by atoms with Gasteiger partial charge in [0.1, 0.15) is 21.3 Å². The highest BCUT2D eigenvalue weighted by Crippen LogP contribution is 2.40. The van der Waals surface area contributed by atoms with Crippen LogP contribution in [0.5, 0.6) is 5.75 Å². The van der Waals surface area contributed by atoms with Crippen LogP contribution in [0.4, 0.5) is 23.4 Å². The summed E-state index contributed by atoms with van der Waals surface area (Å²) in [4.78, 5) is 9.29. The van der Waals surface area contributed by atoms with Gasteiger partial charge in [0.15, 0.2) is 15.7 Å². The zero-order valence-electron chi connectivity index (χ0n) is 11.7. The fraction of sp³-hybridized carbons (Fsp3) is 0.167. The van der Waals surface area contributed by atoms with E-state index in [0.29, 0.717) is 12.3 Å². The third-order valence-electron chi connectivity index (χ3n) is 2.71. The lowest BCUT2D eigenvalue weighted by Crippen LogP contribution is -2.16. The largest absolute Gasteiger partial charge is 0.507 e. The molecule has 0 aliphatic rings. The molecule has 0 saturated carbocycles. The summed E-state index contributed by atoms with van der Waals surface area (Å²) in [5.41, 5.74) is -0.587. The summed E-state index contributed by atoms with van der Waals surface area (Å²) in [5.74, 6) is -3.57. The number of anilines is 1. The van der Waals surface area contributed by atoms with Gasteiger partial charge in [0.05, 0.1) is 5.56 Å². The van der Waals surface area contributed by atoms with Crippen molar-refractivity contribution in [3.05, 3.63) is 34.5 Å². The van der Waals surface area contributed by atoms with E-state index in [1.807, 2.05) is 5.32 Å². The van der Waals surface area contributed by atoms with Crippen molar-refractivity contribution in [2.24, 2.45) is 0 Å². The molecule has 12 heteroatoms. The second-order valence-electron chi connectivity index (χ2n) is 4.57. The van der Waals surface area contributed by atoms with E-state index in [1.54, 1.807) is 0 Å². The van der Waals surface area contributed by atoms with Crippen molar-refractivity contribution in [3.63, 3.8) is 0 Å². The highest BCUT2D eigenvalue weighted by Gasteiger charge is 2.41. The molecule has 2 N–H and O–H groups in total. The van der Waals surface area contributed by atoms with Crippen LogP contribution < -0.4 is 5.32 Å². The number of aromatic hydroxyl groups is 1. The molecule has 0 bridgehead atoms. The molecule has 1 aromatic carbocycles. The van der Waals surface area contributed by atoms with Gasteiger partial charge < -0.3 is 10.4 Å². The Labute approximate surface area is 136 Å². The maximum atomic E-state index is 13.1. The number of aromatic nitrogens is 1. The van der Waals surface area contributed by atoms with Crippen LogP contribution in [0.15, 0.2) is 23.1 Å². The highest BCUT2D eigenvalue weighted by atomic mass is 32.2. The fourth-order valence-corrected chi connectivity index (χ4v) is 3.88. The molecule has 0 aliphatic heterocycles. The van der Waals surface area contributed by atoms with Crippen molar-refractivity contribution in [1.82, 2.24) is 4.37 Å². The molecule has 0 fully saturated rings. The Morgan fingerprint density at radius 2 is 1.96 bits per heavy atom. The highest BCUT2D eigenvalue weighted by molar-refractivity contribution is 7.91. The summed E-state index contributed by atoms with van der Waals surface area (Å²) < 4.78 is 78.3. The summed E-state index contributed by atoms with van der Waals surface area (Å²) in [6, 6.07) is 2.37. The lowest BCUT2D eigenvalue weighted by atomic mass is 10.2. The Bertz CT molecular complexity index is 906. The number of carbonyl (C=O) groups excluding carboxylic acids is 1. The zero-order chi connectivity index (χ0) is 18.3. The topological polar surface area (TPSA) is 96.4 Å². The van der Waals surface area contributed by atoms with E-state index < -0.39 is 54.6 Å². The molecule has 2 aromatic rings. The second kappa shape index (κ2) is 6.02. The van der Waals surface area contributed by atoms with Crippen molar-refractivity contribution in [2.45, 2.75) is 11.1 Å². The van der Waals surface area contributed by atoms with Crippen LogP contribution in [0, 0.1) is 5.82 Å². The minimum Gasteiger partial charge on any atom is -0.507 e. The van der Waals surface area contributed by atoms with Crippen LogP contribution in [0.3, 0.4) is 0 Å². The van der Waals surface area contributed by atoms with Crippen LogP contribution >= 0.6 is 11.5 Å². The van der Waals surface area contributed by atoms with Gasteiger partial charge in [-0.3, -0.25) is 4.79 Å². The second-order valence-corrected chi connectivity index (χ2v) is 7.30. The molecule has 0 aliphatic carbocycles. The first-order valence-corrected chi connectivity index (χ1v) is 8.64. The molecule has 6 nitrogen and oxygen atoms in total. The summed E-state index contributed by atoms with van der Waals surface area (Å²) in [6.07, 6.45) is -4.46. The molecule has 130 valence electrons. The molecule has 0 spiro atoms. The number of hydrogen-bond donors (Lipinski definition) is 2. The average molecular weight is 384 g/mol. The molecule has 0 unspecified atom stereocenters. The van der Waals surface area contributed by atoms with Gasteiger partial charge in [-0.2, -0.15) is 17.5 Å². The number of benzene rings is 1. The summed E-state index contributed by atoms with van der Waals surface area (Å²) in [7, 11) is -4.37. The van der Waals surface area contributed by atoms with Gasteiger partial charge in [0.25, 0.3) is 5.91 Å². The number of amides is 1. The van der Waals surface area contributed by atoms with Gasteiger partial charge in [-0.25, -0.2) is 12.8 Å². The van der Waals surface area contributed by atoms with Gasteiger partial charge in [0.2, 0.25) is 0 Å². The minimum absolute atomic E-state index is 0.151. The smallest absolute Gasteiger partial charge is 0.428 e. The van der Waals surface area contributed by atoms with Crippen molar-refractivity contribution >= 4 is 33.1 Å². The first-order chi connectivity index (χ1) is 10.9. The van der Waals surface area contributed by atoms with E-state index in [-0.39, 0.29) is 11.5 Å². The number of hydrogen-bond acceptors (Lipinski definition) is 6. The number of halogens is 4. The number of nitrogens with zero attached hydrogens (tertiary/aromatic N) is 1. The molecule has 1 amide bonds. The van der Waals surface area contributed by atoms with E-state index in [9.17, 15) is 35.9 Å². The van der Waals surface area contributed by atoms with Crippen molar-refractivity contribution in [3.8, 4) is 5.75 Å². The summed E-state index contributed by atoms with van der Waals surface area (Å²) >= 11 is -0.151. The Balaban J connectivity index is 2.49. The van der Waals surface area contributed by atoms with Crippen LogP contribution in [0.25, 0.3) is 0 Å². The van der Waals surface area contributed by atoms with Gasteiger partial charge in [-0.1, -0.05) is 0 Å². The van der Waals surface area contributed by atoms with Crippen LogP contribution in [0.1, 0.15) is 15.2 Å². The number of phenolic OH excluding ortho intramolecular Hbond substituents is 1. The maximum absolute atomic E-state index is 13.1. The van der Waals surface area contributed by atoms with E-state index >= 15 is 0 Å². The molecule has 24 heavy (non-hydrogen) atoms. The average Bonchev–Trinajstić information content (AvgIpc) is 2.85. The quantitative estimate of drug-likeness (QED) is 0.793. The molecule has 0 saturated heterocycles. The predicted molar refractivity (Wildman–Crippen MR) is 76.2 cm³/mol. The number of alkyl halides is 3. The Morgan fingerprint density at radius 1 is 1.33 bits per heavy atom. The predicted octanol–water partition coefficient (Wildman–Crippen LogP) is 2.66. The normalized spacial score (nSPS) is 12.2.